The summed E-state index contributed by atoms with van der Waals surface area (Å²) in [6, 6.07) is 11.3. The Morgan fingerprint density at radius 2 is 1.85 bits per heavy atom. The number of halogens is 2. The minimum atomic E-state index is -0.372. The molecular formula is C19H18Cl2N2O3. The highest BCUT2D eigenvalue weighted by Gasteiger charge is 2.17. The minimum Gasteiger partial charge on any atom is -0.376 e. The molecule has 0 bridgehead atoms. The van der Waals surface area contributed by atoms with E-state index in [1.165, 1.54) is 0 Å². The van der Waals surface area contributed by atoms with Crippen LogP contribution in [0.4, 0.5) is 5.69 Å². The lowest BCUT2D eigenvalue weighted by Gasteiger charge is -2.12. The predicted octanol–water partition coefficient (Wildman–Crippen LogP) is 4.15. The molecule has 0 radical (unpaired) electrons. The number of hydrogen-bond donors (Lipinski definition) is 2. The van der Waals surface area contributed by atoms with Crippen molar-refractivity contribution >= 4 is 40.7 Å². The number of benzene rings is 2. The minimum absolute atomic E-state index is 0.0652. The molecule has 0 aliphatic carbocycles. The number of nitrogens with one attached hydrogen (secondary N) is 2. The first-order valence-corrected chi connectivity index (χ1v) is 9.05. The highest BCUT2D eigenvalue weighted by atomic mass is 35.5. The number of anilines is 1. The van der Waals surface area contributed by atoms with E-state index in [2.05, 4.69) is 10.6 Å². The monoisotopic (exact) mass is 392 g/mol. The van der Waals surface area contributed by atoms with Gasteiger partial charge in [0.05, 0.1) is 16.8 Å². The van der Waals surface area contributed by atoms with Crippen LogP contribution in [-0.2, 0) is 4.74 Å². The van der Waals surface area contributed by atoms with Crippen LogP contribution >= 0.6 is 23.2 Å². The summed E-state index contributed by atoms with van der Waals surface area (Å²) in [5.74, 6) is -0.612. The molecule has 0 aromatic heterocycles. The molecule has 2 amide bonds. The van der Waals surface area contributed by atoms with Gasteiger partial charge in [0.15, 0.2) is 0 Å². The van der Waals surface area contributed by atoms with E-state index < -0.39 is 0 Å². The maximum Gasteiger partial charge on any atom is 0.255 e. The van der Waals surface area contributed by atoms with Crippen LogP contribution in [0.1, 0.15) is 33.6 Å². The highest BCUT2D eigenvalue weighted by Crippen LogP contribution is 2.26. The molecule has 5 nitrogen and oxygen atoms in total. The largest absolute Gasteiger partial charge is 0.376 e. The summed E-state index contributed by atoms with van der Waals surface area (Å²) in [5, 5.41) is 6.39. The zero-order chi connectivity index (χ0) is 18.5. The molecule has 1 unspecified atom stereocenters. The van der Waals surface area contributed by atoms with Gasteiger partial charge < -0.3 is 15.4 Å². The summed E-state index contributed by atoms with van der Waals surface area (Å²) in [6.07, 6.45) is 2.03. The number of carbonyl (C=O) groups is 2. The molecule has 3 rings (SSSR count). The second-order valence-electron chi connectivity index (χ2n) is 6.00. The fourth-order valence-corrected chi connectivity index (χ4v) is 3.04. The lowest BCUT2D eigenvalue weighted by atomic mass is 10.1. The van der Waals surface area contributed by atoms with Crippen molar-refractivity contribution in [3.8, 4) is 0 Å². The molecular weight excluding hydrogens is 375 g/mol. The van der Waals surface area contributed by atoms with Gasteiger partial charge in [-0.15, -0.1) is 0 Å². The van der Waals surface area contributed by atoms with E-state index in [1.54, 1.807) is 42.5 Å². The molecule has 1 fully saturated rings. The van der Waals surface area contributed by atoms with Crippen molar-refractivity contribution in [3.63, 3.8) is 0 Å². The standard InChI is InChI=1S/C19H18Cl2N2O3/c20-14-6-7-16(21)17(10-14)23-19(25)13-4-1-3-12(9-13)18(24)22-11-15-5-2-8-26-15/h1,3-4,6-7,9-10,15H,2,5,8,11H2,(H,22,24)(H,23,25). The molecule has 0 spiro atoms. The number of amides is 2. The van der Waals surface area contributed by atoms with Gasteiger partial charge in [-0.2, -0.15) is 0 Å². The van der Waals surface area contributed by atoms with Crippen molar-refractivity contribution in [1.29, 1.82) is 0 Å². The van der Waals surface area contributed by atoms with E-state index in [1.807, 2.05) is 0 Å². The molecule has 1 aliphatic heterocycles. The quantitative estimate of drug-likeness (QED) is 0.802. The molecule has 2 aromatic carbocycles. The van der Waals surface area contributed by atoms with E-state index in [0.29, 0.717) is 33.4 Å². The first-order valence-electron chi connectivity index (χ1n) is 8.29. The summed E-state index contributed by atoms with van der Waals surface area (Å²) in [7, 11) is 0. The Balaban J connectivity index is 1.66. The molecule has 0 saturated carbocycles. The van der Waals surface area contributed by atoms with Gasteiger partial charge in [-0.3, -0.25) is 9.59 Å². The van der Waals surface area contributed by atoms with Gasteiger partial charge in [0.1, 0.15) is 0 Å². The van der Waals surface area contributed by atoms with Crippen LogP contribution in [-0.4, -0.2) is 31.1 Å². The molecule has 1 atom stereocenters. The van der Waals surface area contributed by atoms with Gasteiger partial charge in [-0.05, 0) is 49.2 Å². The second kappa shape index (κ2) is 8.54. The Morgan fingerprint density at radius 1 is 1.08 bits per heavy atom. The molecule has 7 heteroatoms. The lowest BCUT2D eigenvalue weighted by Crippen LogP contribution is -2.31. The van der Waals surface area contributed by atoms with Crippen LogP contribution in [0.15, 0.2) is 42.5 Å². The topological polar surface area (TPSA) is 67.4 Å². The van der Waals surface area contributed by atoms with Crippen molar-refractivity contribution in [2.45, 2.75) is 18.9 Å². The molecule has 26 heavy (non-hydrogen) atoms. The first-order chi connectivity index (χ1) is 12.5. The van der Waals surface area contributed by atoms with Crippen molar-refractivity contribution in [3.05, 3.63) is 63.6 Å². The van der Waals surface area contributed by atoms with Crippen LogP contribution in [0.3, 0.4) is 0 Å². The predicted molar refractivity (Wildman–Crippen MR) is 102 cm³/mol. The fourth-order valence-electron chi connectivity index (χ4n) is 2.70. The lowest BCUT2D eigenvalue weighted by molar-refractivity contribution is 0.0858. The molecule has 136 valence electrons. The molecule has 1 saturated heterocycles. The highest BCUT2D eigenvalue weighted by molar-refractivity contribution is 6.35. The average Bonchev–Trinajstić information content (AvgIpc) is 3.16. The Hall–Kier alpha value is -2.08. The Morgan fingerprint density at radius 3 is 2.58 bits per heavy atom. The maximum absolute atomic E-state index is 12.5. The summed E-state index contributed by atoms with van der Waals surface area (Å²) >= 11 is 12.0. The third-order valence-corrected chi connectivity index (χ3v) is 4.64. The van der Waals surface area contributed by atoms with Crippen LogP contribution in [0.5, 0.6) is 0 Å². The van der Waals surface area contributed by atoms with Crippen LogP contribution in [0.2, 0.25) is 10.0 Å². The first kappa shape index (κ1) is 18.7. The summed E-state index contributed by atoms with van der Waals surface area (Å²) in [6.45, 7) is 1.20. The van der Waals surface area contributed by atoms with Gasteiger partial charge >= 0.3 is 0 Å². The van der Waals surface area contributed by atoms with E-state index in [9.17, 15) is 9.59 Å². The number of hydrogen-bond acceptors (Lipinski definition) is 3. The maximum atomic E-state index is 12.5. The fraction of sp³-hybridized carbons (Fsp3) is 0.263. The molecule has 2 N–H and O–H groups in total. The summed E-state index contributed by atoms with van der Waals surface area (Å²) < 4.78 is 5.49. The summed E-state index contributed by atoms with van der Waals surface area (Å²) in [5.41, 5.74) is 1.18. The average molecular weight is 393 g/mol. The van der Waals surface area contributed by atoms with E-state index >= 15 is 0 Å². The Bertz CT molecular complexity index is 820. The van der Waals surface area contributed by atoms with Gasteiger partial charge in [-0.25, -0.2) is 0 Å². The van der Waals surface area contributed by atoms with E-state index in [0.717, 1.165) is 19.4 Å². The third-order valence-electron chi connectivity index (χ3n) is 4.08. The second-order valence-corrected chi connectivity index (χ2v) is 6.85. The summed E-state index contributed by atoms with van der Waals surface area (Å²) in [4.78, 5) is 24.8. The normalized spacial score (nSPS) is 16.3. The molecule has 2 aromatic rings. The SMILES string of the molecule is O=C(NCC1CCCO1)c1cccc(C(=O)Nc2cc(Cl)ccc2Cl)c1. The number of rotatable bonds is 5. The Kier molecular flexibility index (Phi) is 6.14. The van der Waals surface area contributed by atoms with Crippen molar-refractivity contribution in [2.75, 3.05) is 18.5 Å². The van der Waals surface area contributed by atoms with E-state index in [4.69, 9.17) is 27.9 Å². The van der Waals surface area contributed by atoms with Gasteiger partial charge in [0, 0.05) is 29.3 Å². The van der Waals surface area contributed by atoms with Crippen molar-refractivity contribution in [1.82, 2.24) is 5.32 Å². The van der Waals surface area contributed by atoms with Crippen LogP contribution in [0, 0.1) is 0 Å². The number of carbonyl (C=O) groups excluding carboxylic acids is 2. The van der Waals surface area contributed by atoms with Crippen LogP contribution < -0.4 is 10.6 Å². The third kappa shape index (κ3) is 4.75. The number of ether oxygens (including phenoxy) is 1. The van der Waals surface area contributed by atoms with Gasteiger partial charge in [0.25, 0.3) is 11.8 Å². The zero-order valence-electron chi connectivity index (χ0n) is 13.9. The van der Waals surface area contributed by atoms with Crippen LogP contribution in [0.25, 0.3) is 0 Å². The van der Waals surface area contributed by atoms with Gasteiger partial charge in [0.2, 0.25) is 0 Å². The molecule has 1 heterocycles. The van der Waals surface area contributed by atoms with Gasteiger partial charge in [-0.1, -0.05) is 29.3 Å². The van der Waals surface area contributed by atoms with E-state index in [-0.39, 0.29) is 17.9 Å². The van der Waals surface area contributed by atoms with Crippen molar-refractivity contribution < 1.29 is 14.3 Å². The van der Waals surface area contributed by atoms with Crippen molar-refractivity contribution in [2.24, 2.45) is 0 Å². The smallest absolute Gasteiger partial charge is 0.255 e. The zero-order valence-corrected chi connectivity index (χ0v) is 15.4. The molecule has 1 aliphatic rings. The Labute approximate surface area is 161 Å².